The van der Waals surface area contributed by atoms with Crippen molar-refractivity contribution in [1.82, 2.24) is 9.29 Å². The molecule has 27 heavy (non-hydrogen) atoms. The molecule has 0 fully saturated rings. The van der Waals surface area contributed by atoms with Gasteiger partial charge in [-0.05, 0) is 28.8 Å². The van der Waals surface area contributed by atoms with E-state index in [9.17, 15) is 8.42 Å². The first-order chi connectivity index (χ1) is 12.8. The second-order valence-corrected chi connectivity index (χ2v) is 7.73. The van der Waals surface area contributed by atoms with Crippen LogP contribution in [0.2, 0.25) is 0 Å². The van der Waals surface area contributed by atoms with E-state index in [-0.39, 0.29) is 6.54 Å². The van der Waals surface area contributed by atoms with Gasteiger partial charge in [-0.15, -0.1) is 0 Å². The lowest BCUT2D eigenvalue weighted by Crippen LogP contribution is -2.32. The normalized spacial score (nSPS) is 11.7. The first kappa shape index (κ1) is 19.1. The van der Waals surface area contributed by atoms with Crippen LogP contribution < -0.4 is 14.6 Å². The van der Waals surface area contributed by atoms with E-state index < -0.39 is 10.2 Å². The summed E-state index contributed by atoms with van der Waals surface area (Å²) < 4.78 is 34.6. The lowest BCUT2D eigenvalue weighted by molar-refractivity contribution is 0.356. The van der Waals surface area contributed by atoms with Crippen LogP contribution in [-0.2, 0) is 16.8 Å². The summed E-state index contributed by atoms with van der Waals surface area (Å²) in [7, 11) is 0.918. The average Bonchev–Trinajstić information content (AvgIpc) is 2.66. The molecule has 0 saturated carbocycles. The molecule has 1 heterocycles. The van der Waals surface area contributed by atoms with Gasteiger partial charge in [-0.1, -0.05) is 24.3 Å². The zero-order valence-electron chi connectivity index (χ0n) is 15.3. The number of methoxy groups -OCH3 is 2. The Morgan fingerprint density at radius 2 is 1.67 bits per heavy atom. The summed E-state index contributed by atoms with van der Waals surface area (Å²) in [6.07, 6.45) is 1.74. The highest BCUT2D eigenvalue weighted by Crippen LogP contribution is 2.36. The third-order valence-corrected chi connectivity index (χ3v) is 5.35. The third kappa shape index (κ3) is 4.02. The van der Waals surface area contributed by atoms with E-state index in [1.165, 1.54) is 7.05 Å². The van der Waals surface area contributed by atoms with Crippen LogP contribution in [0.4, 0.5) is 0 Å². The molecule has 0 bridgehead atoms. The molecule has 0 unspecified atom stereocenters. The van der Waals surface area contributed by atoms with Crippen LogP contribution in [0, 0.1) is 0 Å². The van der Waals surface area contributed by atoms with E-state index in [1.54, 1.807) is 20.4 Å². The van der Waals surface area contributed by atoms with Gasteiger partial charge in [-0.3, -0.25) is 4.98 Å². The zero-order valence-corrected chi connectivity index (χ0v) is 16.2. The molecule has 7 nitrogen and oxygen atoms in total. The van der Waals surface area contributed by atoms with Crippen LogP contribution >= 0.6 is 0 Å². The maximum atomic E-state index is 11.4. The van der Waals surface area contributed by atoms with Gasteiger partial charge in [0.05, 0.1) is 19.7 Å². The molecule has 3 rings (SSSR count). The summed E-state index contributed by atoms with van der Waals surface area (Å²) in [6, 6.07) is 13.3. The molecule has 1 aromatic heterocycles. The Hall–Kier alpha value is -2.68. The minimum absolute atomic E-state index is 0.210. The van der Waals surface area contributed by atoms with Gasteiger partial charge >= 0.3 is 0 Å². The fourth-order valence-electron chi connectivity index (χ4n) is 2.86. The van der Waals surface area contributed by atoms with Crippen molar-refractivity contribution in [3.8, 4) is 22.6 Å². The van der Waals surface area contributed by atoms with E-state index in [0.29, 0.717) is 11.5 Å². The number of rotatable bonds is 6. The minimum Gasteiger partial charge on any atom is -0.493 e. The molecule has 2 N–H and O–H groups in total. The summed E-state index contributed by atoms with van der Waals surface area (Å²) >= 11 is 0. The smallest absolute Gasteiger partial charge is 0.276 e. The molecule has 0 saturated heterocycles. The summed E-state index contributed by atoms with van der Waals surface area (Å²) in [5.41, 5.74) is 3.61. The van der Waals surface area contributed by atoms with Gasteiger partial charge in [0.2, 0.25) is 0 Å². The predicted molar refractivity (Wildman–Crippen MR) is 105 cm³/mol. The highest BCUT2D eigenvalue weighted by atomic mass is 32.2. The quantitative estimate of drug-likeness (QED) is 0.701. The topological polar surface area (TPSA) is 94.7 Å². The summed E-state index contributed by atoms with van der Waals surface area (Å²) in [5, 5.41) is 6.06. The van der Waals surface area contributed by atoms with Crippen molar-refractivity contribution in [3.05, 3.63) is 54.2 Å². The molecular formula is C19H21N3O4S. The molecule has 0 atom stereocenters. The Morgan fingerprint density at radius 3 is 2.26 bits per heavy atom. The maximum Gasteiger partial charge on any atom is 0.276 e. The molecule has 2 aromatic carbocycles. The van der Waals surface area contributed by atoms with Crippen LogP contribution in [0.25, 0.3) is 22.0 Å². The number of aromatic nitrogens is 1. The van der Waals surface area contributed by atoms with Crippen molar-refractivity contribution in [3.63, 3.8) is 0 Å². The van der Waals surface area contributed by atoms with Gasteiger partial charge < -0.3 is 9.47 Å². The Bertz CT molecular complexity index is 1070. The van der Waals surface area contributed by atoms with Gasteiger partial charge in [-0.2, -0.15) is 12.7 Å². The number of fused-ring (bicyclic) bond motifs is 1. The van der Waals surface area contributed by atoms with Crippen LogP contribution in [0.3, 0.4) is 0 Å². The van der Waals surface area contributed by atoms with Gasteiger partial charge in [0, 0.05) is 31.2 Å². The average molecular weight is 387 g/mol. The number of pyridine rings is 1. The number of hydrogen-bond donors (Lipinski definition) is 1. The Morgan fingerprint density at radius 1 is 1.04 bits per heavy atom. The number of ether oxygens (including phenoxy) is 2. The van der Waals surface area contributed by atoms with E-state index in [4.69, 9.17) is 14.6 Å². The Balaban J connectivity index is 2.00. The van der Waals surface area contributed by atoms with Crippen molar-refractivity contribution in [2.24, 2.45) is 5.14 Å². The molecular weight excluding hydrogens is 366 g/mol. The van der Waals surface area contributed by atoms with E-state index >= 15 is 0 Å². The van der Waals surface area contributed by atoms with Gasteiger partial charge in [0.1, 0.15) is 0 Å². The highest BCUT2D eigenvalue weighted by molar-refractivity contribution is 7.86. The Labute approximate surface area is 158 Å². The lowest BCUT2D eigenvalue weighted by atomic mass is 10.00. The zero-order chi connectivity index (χ0) is 19.6. The highest BCUT2D eigenvalue weighted by Gasteiger charge is 2.13. The first-order valence-electron chi connectivity index (χ1n) is 8.17. The fraction of sp³-hybridized carbons (Fsp3) is 0.211. The number of nitrogens with zero attached hydrogens (tertiary/aromatic N) is 2. The summed E-state index contributed by atoms with van der Waals surface area (Å²) in [6.45, 7) is 0.210. The maximum absolute atomic E-state index is 11.4. The van der Waals surface area contributed by atoms with Gasteiger partial charge in [0.15, 0.2) is 11.5 Å². The predicted octanol–water partition coefficient (Wildman–Crippen LogP) is 2.55. The van der Waals surface area contributed by atoms with Crippen molar-refractivity contribution in [2.45, 2.75) is 6.54 Å². The SMILES string of the molecule is COc1cc2nccc(-c3ccc(CN(C)S(N)(=O)=O)cc3)c2cc1OC. The molecule has 8 heteroatoms. The summed E-state index contributed by atoms with van der Waals surface area (Å²) in [5.74, 6) is 1.25. The van der Waals surface area contributed by atoms with Gasteiger partial charge in [-0.25, -0.2) is 5.14 Å². The molecule has 0 aliphatic rings. The van der Waals surface area contributed by atoms with Crippen molar-refractivity contribution < 1.29 is 17.9 Å². The van der Waals surface area contributed by atoms with E-state index in [0.717, 1.165) is 31.9 Å². The van der Waals surface area contributed by atoms with Crippen LogP contribution in [-0.4, -0.2) is 39.0 Å². The molecule has 0 aliphatic carbocycles. The van der Waals surface area contributed by atoms with Crippen LogP contribution in [0.5, 0.6) is 11.5 Å². The lowest BCUT2D eigenvalue weighted by Gasteiger charge is -2.14. The largest absolute Gasteiger partial charge is 0.493 e. The molecule has 142 valence electrons. The minimum atomic E-state index is -3.71. The second-order valence-electron chi connectivity index (χ2n) is 6.08. The monoisotopic (exact) mass is 387 g/mol. The van der Waals surface area contributed by atoms with Crippen LogP contribution in [0.15, 0.2) is 48.7 Å². The third-order valence-electron chi connectivity index (χ3n) is 4.35. The molecule has 0 amide bonds. The molecule has 3 aromatic rings. The fourth-order valence-corrected chi connectivity index (χ4v) is 3.19. The standard InChI is InChI=1S/C19H21N3O4S/c1-22(27(20,23)24)12-13-4-6-14(7-5-13)15-8-9-21-17-11-19(26-3)18(25-2)10-16(15)17/h4-11H,12H2,1-3H3,(H2,20,23,24). The van der Waals surface area contributed by atoms with E-state index in [1.807, 2.05) is 42.5 Å². The van der Waals surface area contributed by atoms with Crippen molar-refractivity contribution in [2.75, 3.05) is 21.3 Å². The Kier molecular flexibility index (Phi) is 5.31. The first-order valence-corrected chi connectivity index (χ1v) is 9.68. The number of hydrogen-bond acceptors (Lipinski definition) is 5. The second kappa shape index (κ2) is 7.51. The van der Waals surface area contributed by atoms with Crippen LogP contribution in [0.1, 0.15) is 5.56 Å². The van der Waals surface area contributed by atoms with E-state index in [2.05, 4.69) is 4.98 Å². The number of benzene rings is 2. The molecule has 0 aliphatic heterocycles. The summed E-state index contributed by atoms with van der Waals surface area (Å²) in [4.78, 5) is 4.41. The molecule has 0 radical (unpaired) electrons. The molecule has 0 spiro atoms. The number of nitrogens with two attached hydrogens (primary N) is 1. The van der Waals surface area contributed by atoms with Crippen molar-refractivity contribution in [1.29, 1.82) is 0 Å². The van der Waals surface area contributed by atoms with Crippen molar-refractivity contribution >= 4 is 21.1 Å². The van der Waals surface area contributed by atoms with Gasteiger partial charge in [0.25, 0.3) is 10.2 Å².